The first-order valence-corrected chi connectivity index (χ1v) is 24.2. The minimum absolute atomic E-state index is 1.30. The van der Waals surface area contributed by atoms with Crippen molar-refractivity contribution < 1.29 is 13.0 Å². The predicted octanol–water partition coefficient (Wildman–Crippen LogP) is 7.14. The minimum atomic E-state index is -2.83. The Kier molecular flexibility index (Phi) is 0.155. The molecule has 20 fully saturated rings. The maximum absolute atomic E-state index is 3.09. The van der Waals surface area contributed by atoms with E-state index in [4.69, 9.17) is 0 Å². The quantitative estimate of drug-likeness (QED) is 0.434. The molecule has 2 spiro atoms. The van der Waals surface area contributed by atoms with Crippen LogP contribution in [0.25, 0.3) is 0 Å². The van der Waals surface area contributed by atoms with Crippen molar-refractivity contribution in [1.82, 2.24) is 0 Å². The molecule has 0 radical (unpaired) electrons. The Morgan fingerprint density at radius 3 is 0.833 bits per heavy atom. The van der Waals surface area contributed by atoms with E-state index in [1.165, 1.54) is 14.5 Å². The molecular formula is C22H22Fe2. The Balaban J connectivity index is 1.19. The Morgan fingerprint density at radius 2 is 0.708 bits per heavy atom. The van der Waals surface area contributed by atoms with Gasteiger partial charge in [-0.1, -0.05) is 0 Å². The van der Waals surface area contributed by atoms with Crippen LogP contribution >= 0.6 is 0 Å². The van der Waals surface area contributed by atoms with Crippen LogP contribution in [0.3, 0.4) is 0 Å². The molecule has 20 saturated heterocycles. The number of fused-ring (bicyclic) bond motifs is 20. The molecule has 0 aliphatic carbocycles. The van der Waals surface area contributed by atoms with E-state index in [1.807, 2.05) is 0 Å². The fourth-order valence-corrected chi connectivity index (χ4v) is 187. The van der Waals surface area contributed by atoms with Crippen LogP contribution in [0.5, 0.6) is 0 Å². The van der Waals surface area contributed by atoms with Crippen LogP contribution < -0.4 is 0 Å². The van der Waals surface area contributed by atoms with Crippen LogP contribution in [0, 0.1) is 5.92 Å². The Hall–Kier alpha value is 1.04. The summed E-state index contributed by atoms with van der Waals surface area (Å²) in [7, 11) is 0. The number of hydrogen-bond acceptors (Lipinski definition) is 0. The van der Waals surface area contributed by atoms with Crippen molar-refractivity contribution in [3.05, 3.63) is 0 Å². The third kappa shape index (κ3) is 0.0581. The molecule has 126 valence electrons. The third-order valence-corrected chi connectivity index (χ3v) is 116. The molecule has 20 heterocycles. The summed E-state index contributed by atoms with van der Waals surface area (Å²) in [6, 6.07) is 0. The standard InChI is InChI=1S/C12H12.2C5H5.2Fe/c1-10(11-6-2-3-7-11)12-8-4-5-9-12;2*1-2-4-5-3-1;;/h2-10H,1H3;2*1-5H;;. The van der Waals surface area contributed by atoms with Gasteiger partial charge in [0, 0.05) is 0 Å². The van der Waals surface area contributed by atoms with E-state index in [0.717, 1.165) is 0 Å². The molecule has 0 saturated carbocycles. The summed E-state index contributed by atoms with van der Waals surface area (Å²) in [5.41, 5.74) is 0. The van der Waals surface area contributed by atoms with Gasteiger partial charge >= 0.3 is 121 Å². The van der Waals surface area contributed by atoms with Crippen LogP contribution in [0.15, 0.2) is 0 Å². The first kappa shape index (κ1) is 7.46. The fourth-order valence-electron chi connectivity index (χ4n) is 35.5. The third-order valence-electron chi connectivity index (χ3n) is 30.9. The molecule has 0 aromatic carbocycles. The van der Waals surface area contributed by atoms with Gasteiger partial charge in [0.25, 0.3) is 0 Å². The summed E-state index contributed by atoms with van der Waals surface area (Å²) >= 11 is 0. The molecule has 0 aromatic rings. The van der Waals surface area contributed by atoms with Crippen LogP contribution in [0.4, 0.5) is 0 Å². The van der Waals surface area contributed by atoms with Gasteiger partial charge in [-0.15, -0.1) is 0 Å². The van der Waals surface area contributed by atoms with Gasteiger partial charge in [-0.25, -0.2) is 0 Å². The monoisotopic (exact) mass is 398 g/mol. The second-order valence-corrected chi connectivity index (χ2v) is 67.4. The molecule has 0 bridgehead atoms. The Labute approximate surface area is 120 Å². The van der Waals surface area contributed by atoms with Crippen molar-refractivity contribution in [2.45, 2.75) is 102 Å². The van der Waals surface area contributed by atoms with E-state index in [1.54, 1.807) is 86.7 Å². The molecule has 20 aliphatic rings. The molecule has 0 aromatic heterocycles. The van der Waals surface area contributed by atoms with Crippen LogP contribution in [0.1, 0.15) is 6.92 Å². The van der Waals surface area contributed by atoms with Crippen LogP contribution in [-0.4, -0.2) is 0 Å². The summed E-state index contributed by atoms with van der Waals surface area (Å²) in [6.07, 6.45) is 0. The van der Waals surface area contributed by atoms with E-state index < -0.39 is 13.0 Å². The van der Waals surface area contributed by atoms with Gasteiger partial charge in [0.15, 0.2) is 0 Å². The average molecular weight is 398 g/mol. The molecular weight excluding hydrogens is 376 g/mol. The molecule has 0 amide bonds. The summed E-state index contributed by atoms with van der Waals surface area (Å²) < 4.78 is 2.60. The van der Waals surface area contributed by atoms with Gasteiger partial charge in [0.1, 0.15) is 0 Å². The molecule has 0 N–H and O–H groups in total. The first-order chi connectivity index (χ1) is 11.2. The topological polar surface area (TPSA) is 0 Å². The van der Waals surface area contributed by atoms with E-state index >= 15 is 0 Å². The Bertz CT molecular complexity index is 1710. The van der Waals surface area contributed by atoms with Gasteiger partial charge in [0.2, 0.25) is 0 Å². The van der Waals surface area contributed by atoms with E-state index in [2.05, 4.69) is 6.92 Å². The summed E-state index contributed by atoms with van der Waals surface area (Å²) in [6.45, 7) is -2.57. The molecule has 8 unspecified atom stereocenters. The Morgan fingerprint density at radius 1 is 0.458 bits per heavy atom. The van der Waals surface area contributed by atoms with Crippen molar-refractivity contribution in [2.75, 3.05) is 0 Å². The van der Waals surface area contributed by atoms with Crippen molar-refractivity contribution in [3.63, 3.8) is 0 Å². The van der Waals surface area contributed by atoms with Gasteiger partial charge < -0.3 is 0 Å². The molecule has 20 aliphatic heterocycles. The molecule has 2 heteroatoms. The van der Waals surface area contributed by atoms with Gasteiger partial charge in [-0.05, 0) is 0 Å². The van der Waals surface area contributed by atoms with Crippen LogP contribution in [-0.2, 0) is 13.0 Å². The average Bonchev–Trinajstić information content (AvgIpc) is 3.48. The normalized spacial score (nSPS) is 166. The molecule has 8 atom stereocenters. The predicted molar refractivity (Wildman–Crippen MR) is 82.1 cm³/mol. The van der Waals surface area contributed by atoms with E-state index in [9.17, 15) is 0 Å². The zero-order valence-electron chi connectivity index (χ0n) is 13.7. The first-order valence-electron chi connectivity index (χ1n) is 11.7. The molecule has 24 heavy (non-hydrogen) atoms. The van der Waals surface area contributed by atoms with Crippen molar-refractivity contribution in [2.24, 2.45) is 5.92 Å². The fraction of sp³-hybridized carbons (Fsp3) is 1.00. The zero-order valence-corrected chi connectivity index (χ0v) is 15.9. The summed E-state index contributed by atoms with van der Waals surface area (Å²) in [5.74, 6) is 1.44. The number of hydrogen-bond donors (Lipinski definition) is 0. The number of rotatable bonds is 2. The summed E-state index contributed by atoms with van der Waals surface area (Å²) in [5, 5.41) is 0. The maximum atomic E-state index is 3.09. The SMILES string of the molecule is CC([C]12[CH]3[CH]4[CH]5[CH]1[Fe]45321678[CH]2[CH]1[CH]6[CH]7[CH]28)[C]12[CH]3[CH]4[CH]5[CH]1[Fe]45321678[CH]2[CH]1[CH]6[CH]7[CH]28. The second-order valence-electron chi connectivity index (χ2n) is 20.2. The zero-order chi connectivity index (χ0) is 13.6. The molecule has 20 rings (SSSR count). The van der Waals surface area contributed by atoms with Crippen LogP contribution in [0.2, 0.25) is 95.3 Å². The van der Waals surface area contributed by atoms with E-state index in [0.29, 0.717) is 0 Å². The van der Waals surface area contributed by atoms with Gasteiger partial charge in [0.05, 0.1) is 0 Å². The van der Waals surface area contributed by atoms with Crippen molar-refractivity contribution in [3.8, 4) is 0 Å². The van der Waals surface area contributed by atoms with Gasteiger partial charge in [-0.3, -0.25) is 0 Å². The molecule has 0 nitrogen and oxygen atoms in total. The van der Waals surface area contributed by atoms with Crippen molar-refractivity contribution >= 4 is 0 Å². The van der Waals surface area contributed by atoms with E-state index in [-0.39, 0.29) is 0 Å². The summed E-state index contributed by atoms with van der Waals surface area (Å²) in [4.78, 5) is 29.0. The van der Waals surface area contributed by atoms with Gasteiger partial charge in [-0.2, -0.15) is 0 Å². The second kappa shape index (κ2) is 0.498. The van der Waals surface area contributed by atoms with Crippen molar-refractivity contribution in [1.29, 1.82) is 0 Å².